The number of hydrogen-bond donors (Lipinski definition) is 3. The Labute approximate surface area is 245 Å². The lowest BCUT2D eigenvalue weighted by Gasteiger charge is -2.15. The van der Waals surface area contributed by atoms with Crippen LogP contribution in [0.15, 0.2) is 88.7 Å². The minimum atomic E-state index is -3.86. The summed E-state index contributed by atoms with van der Waals surface area (Å²) in [5.41, 5.74) is 4.84. The van der Waals surface area contributed by atoms with Gasteiger partial charge in [-0.25, -0.2) is 16.8 Å². The molecular weight excluding hydrogens is 582 g/mol. The van der Waals surface area contributed by atoms with Crippen LogP contribution in [0.2, 0.25) is 5.02 Å². The van der Waals surface area contributed by atoms with E-state index in [1.54, 1.807) is 62.4 Å². The van der Waals surface area contributed by atoms with Crippen LogP contribution in [-0.2, 0) is 26.4 Å². The highest BCUT2D eigenvalue weighted by molar-refractivity contribution is 7.92. The zero-order chi connectivity index (χ0) is 29.9. The van der Waals surface area contributed by atoms with E-state index in [1.807, 2.05) is 13.0 Å². The van der Waals surface area contributed by atoms with Gasteiger partial charge in [-0.05, 0) is 97.6 Å². The van der Waals surface area contributed by atoms with Gasteiger partial charge in [0.2, 0.25) is 0 Å². The first-order valence-corrected chi connectivity index (χ1v) is 16.3. The van der Waals surface area contributed by atoms with E-state index in [2.05, 4.69) is 15.4 Å². The third-order valence-electron chi connectivity index (χ3n) is 6.68. The molecule has 0 saturated heterocycles. The van der Waals surface area contributed by atoms with Crippen molar-refractivity contribution in [2.24, 2.45) is 0 Å². The average molecular weight is 612 g/mol. The maximum absolute atomic E-state index is 12.8. The molecule has 8 nitrogen and oxygen atoms in total. The fourth-order valence-corrected chi connectivity index (χ4v) is 6.78. The molecule has 4 rings (SSSR count). The molecule has 41 heavy (non-hydrogen) atoms. The number of carbonyl (C=O) groups is 1. The Bertz CT molecular complexity index is 1820. The van der Waals surface area contributed by atoms with Crippen molar-refractivity contribution in [3.8, 4) is 0 Å². The molecule has 0 spiro atoms. The summed E-state index contributed by atoms with van der Waals surface area (Å²) in [6.45, 7) is 5.75. The number of sulfone groups is 1. The van der Waals surface area contributed by atoms with Crippen molar-refractivity contribution in [2.45, 2.75) is 37.1 Å². The summed E-state index contributed by atoms with van der Waals surface area (Å²) < 4.78 is 52.9. The molecule has 1 amide bonds. The first-order valence-electron chi connectivity index (χ1n) is 12.6. The van der Waals surface area contributed by atoms with Crippen LogP contribution in [0.4, 0.5) is 17.1 Å². The van der Waals surface area contributed by atoms with Gasteiger partial charge in [0, 0.05) is 29.1 Å². The van der Waals surface area contributed by atoms with Gasteiger partial charge in [-0.1, -0.05) is 35.9 Å². The second kappa shape index (κ2) is 11.9. The number of halogens is 1. The van der Waals surface area contributed by atoms with E-state index in [0.717, 1.165) is 11.1 Å². The molecule has 0 bridgehead atoms. The van der Waals surface area contributed by atoms with Crippen LogP contribution in [0, 0.1) is 20.8 Å². The molecule has 214 valence electrons. The van der Waals surface area contributed by atoms with Crippen molar-refractivity contribution >= 4 is 54.4 Å². The number of anilines is 3. The molecule has 0 unspecified atom stereocenters. The molecule has 0 saturated carbocycles. The molecule has 4 aromatic carbocycles. The van der Waals surface area contributed by atoms with E-state index in [9.17, 15) is 21.6 Å². The highest BCUT2D eigenvalue weighted by Gasteiger charge is 2.18. The van der Waals surface area contributed by atoms with E-state index in [4.69, 9.17) is 11.6 Å². The number of hydrogen-bond acceptors (Lipinski definition) is 6. The summed E-state index contributed by atoms with van der Waals surface area (Å²) in [7, 11) is -7.28. The highest BCUT2D eigenvalue weighted by Crippen LogP contribution is 2.28. The van der Waals surface area contributed by atoms with Crippen LogP contribution in [-0.4, -0.2) is 29.0 Å². The van der Waals surface area contributed by atoms with Crippen LogP contribution >= 0.6 is 11.6 Å². The van der Waals surface area contributed by atoms with E-state index < -0.39 is 19.9 Å². The first-order chi connectivity index (χ1) is 19.3. The molecule has 0 aliphatic heterocycles. The van der Waals surface area contributed by atoms with Gasteiger partial charge in [0.1, 0.15) is 0 Å². The van der Waals surface area contributed by atoms with Gasteiger partial charge < -0.3 is 10.6 Å². The van der Waals surface area contributed by atoms with Crippen molar-refractivity contribution < 1.29 is 21.6 Å². The van der Waals surface area contributed by atoms with Gasteiger partial charge in [-0.2, -0.15) is 0 Å². The third kappa shape index (κ3) is 7.08. The minimum Gasteiger partial charge on any atom is -0.380 e. The summed E-state index contributed by atoms with van der Waals surface area (Å²) in [4.78, 5) is 13.1. The fourth-order valence-electron chi connectivity index (χ4n) is 4.22. The van der Waals surface area contributed by atoms with Gasteiger partial charge in [0.15, 0.2) is 9.84 Å². The van der Waals surface area contributed by atoms with E-state index in [-0.39, 0.29) is 15.7 Å². The predicted molar refractivity (Wildman–Crippen MR) is 164 cm³/mol. The summed E-state index contributed by atoms with van der Waals surface area (Å²) in [6, 6.07) is 21.3. The minimum absolute atomic E-state index is 0.0366. The monoisotopic (exact) mass is 611 g/mol. The van der Waals surface area contributed by atoms with E-state index >= 15 is 0 Å². The molecule has 0 atom stereocenters. The zero-order valence-corrected chi connectivity index (χ0v) is 25.3. The van der Waals surface area contributed by atoms with Crippen LogP contribution in [0.1, 0.15) is 32.6 Å². The van der Waals surface area contributed by atoms with Gasteiger partial charge in [-0.3, -0.25) is 9.52 Å². The molecule has 0 aromatic heterocycles. The Kier molecular flexibility index (Phi) is 8.77. The number of carbonyl (C=O) groups excluding carboxylic acids is 1. The van der Waals surface area contributed by atoms with Gasteiger partial charge >= 0.3 is 0 Å². The molecule has 3 N–H and O–H groups in total. The molecule has 0 radical (unpaired) electrons. The molecule has 0 aliphatic rings. The van der Waals surface area contributed by atoms with Crippen molar-refractivity contribution in [1.82, 2.24) is 0 Å². The Morgan fingerprint density at radius 1 is 0.780 bits per heavy atom. The number of benzene rings is 4. The second-order valence-electron chi connectivity index (χ2n) is 9.70. The standard InChI is InChI=1S/C30H30ClN3O5S2/c1-19-8-17-28(29(20(19)2)40(4,36)37)32-18-22-9-11-23(12-10-22)30(35)33-24-13-15-25(16-14-24)41(38,39)34-27-7-5-6-26(31)21(27)3/h5-17,32,34H,18H2,1-4H3,(H,33,35). The van der Waals surface area contributed by atoms with Crippen LogP contribution < -0.4 is 15.4 Å². The van der Waals surface area contributed by atoms with Gasteiger partial charge in [-0.15, -0.1) is 0 Å². The molecular formula is C30H30ClN3O5S2. The lowest BCUT2D eigenvalue weighted by molar-refractivity contribution is 0.102. The average Bonchev–Trinajstić information content (AvgIpc) is 2.91. The maximum atomic E-state index is 12.8. The molecule has 0 heterocycles. The van der Waals surface area contributed by atoms with Crippen molar-refractivity contribution in [1.29, 1.82) is 0 Å². The number of rotatable bonds is 9. The van der Waals surface area contributed by atoms with Crippen LogP contribution in [0.5, 0.6) is 0 Å². The van der Waals surface area contributed by atoms with Crippen LogP contribution in [0.25, 0.3) is 0 Å². The third-order valence-corrected chi connectivity index (χ3v) is 9.74. The zero-order valence-electron chi connectivity index (χ0n) is 22.9. The Balaban J connectivity index is 1.40. The van der Waals surface area contributed by atoms with Gasteiger partial charge in [0.05, 0.1) is 21.2 Å². The number of amides is 1. The summed E-state index contributed by atoms with van der Waals surface area (Å²) in [6.07, 6.45) is 1.19. The summed E-state index contributed by atoms with van der Waals surface area (Å²) in [5.74, 6) is -0.360. The van der Waals surface area contributed by atoms with Crippen molar-refractivity contribution in [3.05, 3.63) is 112 Å². The lowest BCUT2D eigenvalue weighted by Crippen LogP contribution is -2.15. The second-order valence-corrected chi connectivity index (χ2v) is 13.7. The van der Waals surface area contributed by atoms with Crippen LogP contribution in [0.3, 0.4) is 0 Å². The first kappa shape index (κ1) is 30.1. The quantitative estimate of drug-likeness (QED) is 0.203. The van der Waals surface area contributed by atoms with Gasteiger partial charge in [0.25, 0.3) is 15.9 Å². The number of sulfonamides is 1. The lowest BCUT2D eigenvalue weighted by atomic mass is 10.1. The Hall–Kier alpha value is -3.86. The molecule has 0 aliphatic carbocycles. The molecule has 4 aromatic rings. The van der Waals surface area contributed by atoms with Crippen molar-refractivity contribution in [2.75, 3.05) is 21.6 Å². The Morgan fingerprint density at radius 3 is 2.07 bits per heavy atom. The smallest absolute Gasteiger partial charge is 0.261 e. The molecule has 0 fully saturated rings. The normalized spacial score (nSPS) is 11.6. The maximum Gasteiger partial charge on any atom is 0.261 e. The number of nitrogens with one attached hydrogen (secondary N) is 3. The highest BCUT2D eigenvalue weighted by atomic mass is 35.5. The van der Waals surface area contributed by atoms with Crippen molar-refractivity contribution in [3.63, 3.8) is 0 Å². The van der Waals surface area contributed by atoms with E-state index in [1.165, 1.54) is 30.5 Å². The topological polar surface area (TPSA) is 121 Å². The number of aryl methyl sites for hydroxylation is 1. The fraction of sp³-hybridized carbons (Fsp3) is 0.167. The Morgan fingerprint density at radius 2 is 1.44 bits per heavy atom. The van der Waals surface area contributed by atoms with E-state index in [0.29, 0.717) is 45.3 Å². The summed E-state index contributed by atoms with van der Waals surface area (Å²) in [5, 5.41) is 6.41. The summed E-state index contributed by atoms with van der Waals surface area (Å²) >= 11 is 6.09. The predicted octanol–water partition coefficient (Wildman–Crippen LogP) is 6.33. The molecule has 11 heteroatoms. The SMILES string of the molecule is Cc1ccc(NCc2ccc(C(=O)Nc3ccc(S(=O)(=O)Nc4cccc(Cl)c4C)cc3)cc2)c(S(C)(=O)=O)c1C. The largest absolute Gasteiger partial charge is 0.380 e.